The van der Waals surface area contributed by atoms with Crippen LogP contribution in [-0.2, 0) is 0 Å². The first-order valence-electron chi connectivity index (χ1n) is 23.6. The summed E-state index contributed by atoms with van der Waals surface area (Å²) >= 11 is 0. The molecule has 0 radical (unpaired) electrons. The molecular weight excluding hydrogens is 647 g/mol. The molecule has 4 heteroatoms. The summed E-state index contributed by atoms with van der Waals surface area (Å²) in [6.07, 6.45) is 0. The minimum atomic E-state index is -0.661. The maximum absolute atomic E-state index is 9.16. The Morgan fingerprint density at radius 3 is 1.57 bits per heavy atom. The smallest absolute Gasteiger partial charge is 0.164 e. The van der Waals surface area contributed by atoms with Crippen molar-refractivity contribution in [3.63, 3.8) is 0 Å². The Hall–Kier alpha value is -7.17. The molecule has 0 atom stereocenters. The van der Waals surface area contributed by atoms with Crippen LogP contribution in [0.15, 0.2) is 192 Å². The summed E-state index contributed by atoms with van der Waals surface area (Å²) in [4.78, 5) is 14.2. The van der Waals surface area contributed by atoms with Crippen LogP contribution in [0.4, 0.5) is 0 Å². The molecule has 0 bridgehead atoms. The highest BCUT2D eigenvalue weighted by molar-refractivity contribution is 6.07. The minimum Gasteiger partial charge on any atom is -0.456 e. The number of nitrogens with zero attached hydrogens (tertiary/aromatic N) is 3. The number of hydrogen-bond donors (Lipinski definition) is 0. The lowest BCUT2D eigenvalue weighted by Gasteiger charge is -2.09. The van der Waals surface area contributed by atoms with E-state index in [4.69, 9.17) is 28.6 Å². The van der Waals surface area contributed by atoms with Crippen molar-refractivity contribution in [1.29, 1.82) is 0 Å². The molecular formula is C49H31N3O. The van der Waals surface area contributed by atoms with Crippen molar-refractivity contribution in [1.82, 2.24) is 15.0 Å². The molecule has 0 saturated carbocycles. The molecule has 2 heterocycles. The van der Waals surface area contributed by atoms with E-state index in [2.05, 4.69) is 22.1 Å². The fourth-order valence-electron chi connectivity index (χ4n) is 6.35. The van der Waals surface area contributed by atoms with Gasteiger partial charge in [0.05, 0.1) is 19.2 Å². The van der Waals surface area contributed by atoms with E-state index in [1.807, 2.05) is 54.6 Å². The van der Waals surface area contributed by atoms with Crippen LogP contribution >= 0.6 is 0 Å². The molecule has 10 aromatic rings. The van der Waals surface area contributed by atoms with Gasteiger partial charge in [-0.15, -0.1) is 0 Å². The van der Waals surface area contributed by atoms with Gasteiger partial charge in [0.25, 0.3) is 0 Å². The van der Waals surface area contributed by atoms with E-state index < -0.39 is 90.2 Å². The van der Waals surface area contributed by atoms with Gasteiger partial charge in [-0.05, 0) is 80.5 Å². The third-order valence-corrected chi connectivity index (χ3v) is 8.98. The van der Waals surface area contributed by atoms with Crippen LogP contribution in [0, 0.1) is 0 Å². The van der Waals surface area contributed by atoms with Gasteiger partial charge in [-0.2, -0.15) is 0 Å². The third-order valence-electron chi connectivity index (χ3n) is 8.98. The highest BCUT2D eigenvalue weighted by Crippen LogP contribution is 2.36. The molecule has 0 aliphatic carbocycles. The Bertz CT molecular complexity index is 3700. The number of rotatable bonds is 6. The van der Waals surface area contributed by atoms with Crippen molar-refractivity contribution < 1.29 is 23.6 Å². The van der Waals surface area contributed by atoms with Crippen molar-refractivity contribution in [2.45, 2.75) is 0 Å². The molecule has 0 saturated heterocycles. The first-order chi connectivity index (χ1) is 32.0. The molecule has 8 aromatic carbocycles. The predicted molar refractivity (Wildman–Crippen MR) is 217 cm³/mol. The summed E-state index contributed by atoms with van der Waals surface area (Å²) in [7, 11) is 0. The average molecular weight is 692 g/mol. The van der Waals surface area contributed by atoms with E-state index in [-0.39, 0.29) is 39.7 Å². The van der Waals surface area contributed by atoms with E-state index >= 15 is 0 Å². The van der Waals surface area contributed by atoms with Crippen LogP contribution in [-0.4, -0.2) is 15.0 Å². The molecule has 53 heavy (non-hydrogen) atoms. The zero-order valence-electron chi connectivity index (χ0n) is 41.6. The highest BCUT2D eigenvalue weighted by Gasteiger charge is 2.16. The Morgan fingerprint density at radius 1 is 0.358 bits per heavy atom. The van der Waals surface area contributed by atoms with Crippen molar-refractivity contribution in [2.75, 3.05) is 0 Å². The molecule has 10 rings (SSSR count). The van der Waals surface area contributed by atoms with Crippen molar-refractivity contribution in [2.24, 2.45) is 0 Å². The maximum Gasteiger partial charge on any atom is 0.164 e. The number of fused-ring (bicyclic) bond motifs is 4. The second-order valence-corrected chi connectivity index (χ2v) is 12.2. The first kappa shape index (κ1) is 19.4. The van der Waals surface area contributed by atoms with Crippen LogP contribution in [0.3, 0.4) is 0 Å². The molecule has 0 aliphatic rings. The van der Waals surface area contributed by atoms with E-state index in [9.17, 15) is 0 Å². The van der Waals surface area contributed by atoms with Crippen LogP contribution in [0.25, 0.3) is 100 Å². The van der Waals surface area contributed by atoms with E-state index in [1.54, 1.807) is 36.4 Å². The summed E-state index contributed by atoms with van der Waals surface area (Å²) in [5.74, 6) is 0.154. The van der Waals surface area contributed by atoms with Gasteiger partial charge in [-0.3, -0.25) is 0 Å². The molecule has 4 nitrogen and oxygen atoms in total. The topological polar surface area (TPSA) is 51.8 Å². The zero-order valence-corrected chi connectivity index (χ0v) is 27.6. The Labute approximate surface area is 326 Å². The lowest BCUT2D eigenvalue weighted by molar-refractivity contribution is 0.669. The van der Waals surface area contributed by atoms with Crippen molar-refractivity contribution in [3.8, 4) is 67.5 Å². The summed E-state index contributed by atoms with van der Waals surface area (Å²) < 4.78 is 125. The Morgan fingerprint density at radius 2 is 0.849 bits per heavy atom. The zero-order chi connectivity index (χ0) is 47.3. The standard InChI is InChI=1S/C49H31N3O/c1-3-10-32(11-4-1)38-16-9-17-39(28-38)41-24-26-43-44-27-25-42(31-46(44)53-45(43)30-41)49-51-47(35-13-5-2-6-14-35)50-48(52-49)36-21-18-34(19-22-36)40-23-20-33-12-7-8-15-37(33)29-40/h1-31H/i1D,2D,3D,4D,5D,6D,9D,10D,11D,13D,14D,16D,17D,28D. The SMILES string of the molecule is [2H]c1c([2H])c([2H])c(-c2nc(-c3ccc(-c4ccc5ccccc5c4)cc3)nc(-c3ccc4c(c3)oc3cc(-c5c([2H])c([2H])c([2H])c(-c6c([2H])c([2H])c([2H])c([2H])c6[2H])c5[2H])ccc34)n2)c([2H])c1[2H]. The lowest BCUT2D eigenvalue weighted by Crippen LogP contribution is -2.00. The molecule has 248 valence electrons. The fraction of sp³-hybridized carbons (Fsp3) is 0. The summed E-state index contributed by atoms with van der Waals surface area (Å²) in [6.45, 7) is 0. The number of benzene rings is 8. The van der Waals surface area contributed by atoms with Crippen molar-refractivity contribution >= 4 is 32.7 Å². The molecule has 0 fully saturated rings. The van der Waals surface area contributed by atoms with Crippen molar-refractivity contribution in [3.05, 3.63) is 188 Å². The third kappa shape index (κ3) is 5.82. The van der Waals surface area contributed by atoms with Gasteiger partial charge in [0.1, 0.15) is 11.2 Å². The Kier molecular flexibility index (Phi) is 4.72. The minimum absolute atomic E-state index is 0.103. The van der Waals surface area contributed by atoms with Gasteiger partial charge in [-0.25, -0.2) is 15.0 Å². The molecule has 0 N–H and O–H groups in total. The normalized spacial score (nSPS) is 15.1. The molecule has 0 unspecified atom stereocenters. The number of aromatic nitrogens is 3. The van der Waals surface area contributed by atoms with Crippen LogP contribution < -0.4 is 0 Å². The predicted octanol–water partition coefficient (Wildman–Crippen LogP) is 12.9. The van der Waals surface area contributed by atoms with Crippen LogP contribution in [0.1, 0.15) is 19.2 Å². The summed E-state index contributed by atoms with van der Waals surface area (Å²) in [5.41, 5.74) is 2.80. The first-order valence-corrected chi connectivity index (χ1v) is 16.6. The second-order valence-electron chi connectivity index (χ2n) is 12.2. The number of hydrogen-bond acceptors (Lipinski definition) is 4. The highest BCUT2D eigenvalue weighted by atomic mass is 16.3. The van der Waals surface area contributed by atoms with Gasteiger partial charge in [0, 0.05) is 27.5 Å². The van der Waals surface area contributed by atoms with Crippen LogP contribution in [0.2, 0.25) is 0 Å². The van der Waals surface area contributed by atoms with Crippen LogP contribution in [0.5, 0.6) is 0 Å². The molecule has 0 aliphatic heterocycles. The molecule has 2 aromatic heterocycles. The Balaban J connectivity index is 1.10. The van der Waals surface area contributed by atoms with E-state index in [0.717, 1.165) is 21.9 Å². The summed E-state index contributed by atoms with van der Waals surface area (Å²) in [5, 5.41) is 3.50. The second kappa shape index (κ2) is 12.9. The lowest BCUT2D eigenvalue weighted by atomic mass is 9.98. The fourth-order valence-corrected chi connectivity index (χ4v) is 6.35. The van der Waals surface area contributed by atoms with Gasteiger partial charge in [-0.1, -0.05) is 151 Å². The van der Waals surface area contributed by atoms with E-state index in [1.165, 1.54) is 0 Å². The average Bonchev–Trinajstić information content (AvgIpc) is 3.71. The molecule has 0 amide bonds. The number of furan rings is 1. The van der Waals surface area contributed by atoms with E-state index in [0.29, 0.717) is 33.1 Å². The van der Waals surface area contributed by atoms with Gasteiger partial charge in [0.15, 0.2) is 17.5 Å². The maximum atomic E-state index is 9.16. The largest absolute Gasteiger partial charge is 0.456 e. The molecule has 0 spiro atoms. The monoisotopic (exact) mass is 691 g/mol. The van der Waals surface area contributed by atoms with Gasteiger partial charge < -0.3 is 4.42 Å². The quantitative estimate of drug-likeness (QED) is 0.174. The van der Waals surface area contributed by atoms with Gasteiger partial charge >= 0.3 is 0 Å². The van der Waals surface area contributed by atoms with Gasteiger partial charge in [0.2, 0.25) is 0 Å². The summed E-state index contributed by atoms with van der Waals surface area (Å²) in [6, 6.07) is 23.9.